The summed E-state index contributed by atoms with van der Waals surface area (Å²) in [5.74, 6) is 4.33. The Morgan fingerprint density at radius 1 is 1.39 bits per heavy atom. The molecule has 0 unspecified atom stereocenters. The highest BCUT2D eigenvalue weighted by Gasteiger charge is 2.08. The van der Waals surface area contributed by atoms with Gasteiger partial charge < -0.3 is 4.74 Å². The summed E-state index contributed by atoms with van der Waals surface area (Å²) in [6, 6.07) is 1.96. The van der Waals surface area contributed by atoms with Crippen molar-refractivity contribution in [2.24, 2.45) is 0 Å². The van der Waals surface area contributed by atoms with E-state index in [4.69, 9.17) is 4.74 Å². The summed E-state index contributed by atoms with van der Waals surface area (Å²) >= 11 is 1.18. The molecule has 0 saturated carbocycles. The van der Waals surface area contributed by atoms with Crippen LogP contribution in [0.4, 0.5) is 8.78 Å². The molecule has 0 aromatic heterocycles. The second-order valence-corrected chi connectivity index (χ2v) is 4.63. The van der Waals surface area contributed by atoms with Crippen LogP contribution in [-0.4, -0.2) is 18.0 Å². The van der Waals surface area contributed by atoms with Gasteiger partial charge in [-0.25, -0.2) is 8.78 Å². The molecule has 1 rings (SSSR count). The predicted octanol–water partition coefficient (Wildman–Crippen LogP) is 2.99. The van der Waals surface area contributed by atoms with Crippen LogP contribution in [0.3, 0.4) is 0 Å². The van der Waals surface area contributed by atoms with E-state index < -0.39 is 11.6 Å². The number of carbonyl (C=O) groups is 1. The zero-order valence-electron chi connectivity index (χ0n) is 10.0. The smallest absolute Gasteiger partial charge is 0.185 e. The first-order valence-corrected chi connectivity index (χ1v) is 6.18. The maximum atomic E-state index is 13.0. The molecule has 0 N–H and O–H groups in total. The highest BCUT2D eigenvalue weighted by molar-refractivity contribution is 8.13. The van der Waals surface area contributed by atoms with Crippen molar-refractivity contribution >= 4 is 16.9 Å². The normalized spacial score (nSPS) is 9.56. The number of carbonyl (C=O) groups excluding carboxylic acids is 1. The minimum atomic E-state index is -0.968. The molecule has 96 valence electrons. The first-order chi connectivity index (χ1) is 8.54. The number of hydrogen-bond donors (Lipinski definition) is 0. The number of hydrogen-bond acceptors (Lipinski definition) is 3. The van der Waals surface area contributed by atoms with Gasteiger partial charge in [-0.05, 0) is 6.07 Å². The van der Waals surface area contributed by atoms with Crippen molar-refractivity contribution in [2.75, 3.05) is 12.9 Å². The van der Waals surface area contributed by atoms with Crippen molar-refractivity contribution in [1.29, 1.82) is 0 Å². The van der Waals surface area contributed by atoms with Crippen molar-refractivity contribution in [3.8, 4) is 17.6 Å². The standard InChI is InChI=1S/C13H12F2O2S/c1-9(16)18-6-4-3-5-10-7-11(14)12(15)8-13(10)17-2/h7-8H,4,6H2,1-2H3. The van der Waals surface area contributed by atoms with Crippen LogP contribution in [0.25, 0.3) is 0 Å². The van der Waals surface area contributed by atoms with Crippen LogP contribution in [-0.2, 0) is 4.79 Å². The molecule has 0 spiro atoms. The minimum absolute atomic E-state index is 0.0298. The molecule has 0 aliphatic rings. The van der Waals surface area contributed by atoms with E-state index in [0.29, 0.717) is 17.7 Å². The average Bonchev–Trinajstić information content (AvgIpc) is 2.32. The van der Waals surface area contributed by atoms with E-state index in [1.165, 1.54) is 25.8 Å². The number of halogens is 2. The Hall–Kier alpha value is -1.54. The third-order valence-corrected chi connectivity index (χ3v) is 2.81. The number of thioether (sulfide) groups is 1. The second kappa shape index (κ2) is 7.02. The predicted molar refractivity (Wildman–Crippen MR) is 67.5 cm³/mol. The minimum Gasteiger partial charge on any atom is -0.495 e. The highest BCUT2D eigenvalue weighted by Crippen LogP contribution is 2.21. The monoisotopic (exact) mass is 270 g/mol. The van der Waals surface area contributed by atoms with Gasteiger partial charge in [0.25, 0.3) is 0 Å². The van der Waals surface area contributed by atoms with E-state index in [1.54, 1.807) is 0 Å². The lowest BCUT2D eigenvalue weighted by Crippen LogP contribution is -1.93. The number of benzene rings is 1. The number of rotatable bonds is 3. The summed E-state index contributed by atoms with van der Waals surface area (Å²) in [7, 11) is 1.36. The van der Waals surface area contributed by atoms with Gasteiger partial charge in [-0.2, -0.15) is 0 Å². The SMILES string of the molecule is COc1cc(F)c(F)cc1C#CCCSC(C)=O. The zero-order chi connectivity index (χ0) is 13.5. The van der Waals surface area contributed by atoms with Crippen molar-refractivity contribution in [3.63, 3.8) is 0 Å². The number of methoxy groups -OCH3 is 1. The van der Waals surface area contributed by atoms with Crippen LogP contribution in [0.1, 0.15) is 18.9 Å². The zero-order valence-corrected chi connectivity index (χ0v) is 10.9. The van der Waals surface area contributed by atoms with Crippen molar-refractivity contribution in [2.45, 2.75) is 13.3 Å². The lowest BCUT2D eigenvalue weighted by molar-refractivity contribution is -0.109. The Balaban J connectivity index is 2.74. The third kappa shape index (κ3) is 4.38. The molecule has 0 aliphatic carbocycles. The molecule has 5 heteroatoms. The molecular formula is C13H12F2O2S. The second-order valence-electron chi connectivity index (χ2n) is 3.36. The number of ether oxygens (including phenoxy) is 1. The summed E-state index contributed by atoms with van der Waals surface area (Å²) < 4.78 is 30.9. The molecule has 0 saturated heterocycles. The Morgan fingerprint density at radius 2 is 2.06 bits per heavy atom. The quantitative estimate of drug-likeness (QED) is 0.624. The molecule has 0 fully saturated rings. The van der Waals surface area contributed by atoms with Gasteiger partial charge in [-0.15, -0.1) is 0 Å². The van der Waals surface area contributed by atoms with E-state index >= 15 is 0 Å². The molecule has 2 nitrogen and oxygen atoms in total. The van der Waals surface area contributed by atoms with Gasteiger partial charge in [0.2, 0.25) is 0 Å². The summed E-state index contributed by atoms with van der Waals surface area (Å²) in [5.41, 5.74) is 0.296. The van der Waals surface area contributed by atoms with Crippen LogP contribution >= 0.6 is 11.8 Å². The van der Waals surface area contributed by atoms with E-state index in [2.05, 4.69) is 11.8 Å². The van der Waals surface area contributed by atoms with Crippen LogP contribution in [0.5, 0.6) is 5.75 Å². The van der Waals surface area contributed by atoms with E-state index in [-0.39, 0.29) is 10.9 Å². The van der Waals surface area contributed by atoms with Gasteiger partial charge in [-0.1, -0.05) is 23.6 Å². The molecular weight excluding hydrogens is 258 g/mol. The largest absolute Gasteiger partial charge is 0.495 e. The fourth-order valence-corrected chi connectivity index (χ4v) is 1.69. The molecule has 1 aromatic carbocycles. The Kier molecular flexibility index (Phi) is 5.66. The topological polar surface area (TPSA) is 26.3 Å². The molecule has 0 bridgehead atoms. The van der Waals surface area contributed by atoms with E-state index in [0.717, 1.165) is 12.1 Å². The van der Waals surface area contributed by atoms with Crippen molar-refractivity contribution < 1.29 is 18.3 Å². The van der Waals surface area contributed by atoms with Gasteiger partial charge in [0.1, 0.15) is 5.75 Å². The van der Waals surface area contributed by atoms with Crippen molar-refractivity contribution in [3.05, 3.63) is 29.3 Å². The van der Waals surface area contributed by atoms with Crippen LogP contribution in [0.2, 0.25) is 0 Å². The maximum Gasteiger partial charge on any atom is 0.185 e. The first kappa shape index (κ1) is 14.5. The van der Waals surface area contributed by atoms with Gasteiger partial charge in [0.05, 0.1) is 12.7 Å². The molecule has 18 heavy (non-hydrogen) atoms. The van der Waals surface area contributed by atoms with Crippen LogP contribution < -0.4 is 4.74 Å². The van der Waals surface area contributed by atoms with Gasteiger partial charge >= 0.3 is 0 Å². The van der Waals surface area contributed by atoms with E-state index in [9.17, 15) is 13.6 Å². The molecule has 1 aromatic rings. The first-order valence-electron chi connectivity index (χ1n) is 5.20. The molecule has 0 heterocycles. The van der Waals surface area contributed by atoms with Crippen LogP contribution in [0, 0.1) is 23.5 Å². The average molecular weight is 270 g/mol. The lowest BCUT2D eigenvalue weighted by Gasteiger charge is -2.03. The summed E-state index contributed by atoms with van der Waals surface area (Å²) in [4.78, 5) is 10.7. The van der Waals surface area contributed by atoms with Gasteiger partial charge in [0, 0.05) is 25.2 Å². The summed E-state index contributed by atoms with van der Waals surface area (Å²) in [6.07, 6.45) is 0.492. The Bertz CT molecular complexity index is 504. The maximum absolute atomic E-state index is 13.0. The Labute approximate surface area is 109 Å². The fraction of sp³-hybridized carbons (Fsp3) is 0.308. The molecule has 0 aliphatic heterocycles. The van der Waals surface area contributed by atoms with Crippen LogP contribution in [0.15, 0.2) is 12.1 Å². The Morgan fingerprint density at radius 3 is 2.67 bits per heavy atom. The summed E-state index contributed by atoms with van der Waals surface area (Å²) in [6.45, 7) is 1.48. The van der Waals surface area contributed by atoms with Gasteiger partial charge in [0.15, 0.2) is 16.7 Å². The molecule has 0 amide bonds. The third-order valence-electron chi connectivity index (χ3n) is 2.00. The van der Waals surface area contributed by atoms with E-state index in [1.807, 2.05) is 0 Å². The lowest BCUT2D eigenvalue weighted by atomic mass is 10.2. The molecule has 0 radical (unpaired) electrons. The fourth-order valence-electron chi connectivity index (χ4n) is 1.20. The van der Waals surface area contributed by atoms with Crippen molar-refractivity contribution in [1.82, 2.24) is 0 Å². The summed E-state index contributed by atoms with van der Waals surface area (Å²) in [5, 5.41) is 0.0298. The molecule has 0 atom stereocenters. The van der Waals surface area contributed by atoms with Gasteiger partial charge in [-0.3, -0.25) is 4.79 Å². The highest BCUT2D eigenvalue weighted by atomic mass is 32.2.